The molecular weight excluding hydrogens is 358 g/mol. The Balaban J connectivity index is 1.72. The zero-order valence-corrected chi connectivity index (χ0v) is 16.0. The summed E-state index contributed by atoms with van der Waals surface area (Å²) in [4.78, 5) is 4.89. The van der Waals surface area contributed by atoms with E-state index in [9.17, 15) is 0 Å². The lowest BCUT2D eigenvalue weighted by Crippen LogP contribution is -1.98. The second-order valence-corrected chi connectivity index (χ2v) is 6.79. The van der Waals surface area contributed by atoms with Crippen LogP contribution in [-0.2, 0) is 0 Å². The van der Waals surface area contributed by atoms with E-state index < -0.39 is 0 Å². The number of benzene rings is 3. The highest BCUT2D eigenvalue weighted by molar-refractivity contribution is 5.74. The van der Waals surface area contributed by atoms with Crippen molar-refractivity contribution in [3.63, 3.8) is 0 Å². The molecule has 0 aliphatic carbocycles. The molecule has 0 saturated carbocycles. The Kier molecular flexibility index (Phi) is 4.30. The third kappa shape index (κ3) is 3.25. The quantitative estimate of drug-likeness (QED) is 0.401. The minimum atomic E-state index is 0.816. The van der Waals surface area contributed by atoms with E-state index in [1.807, 2.05) is 71.2 Å². The number of fused-ring (bicyclic) bond motifs is 1. The Bertz CT molecular complexity index is 1260. The van der Waals surface area contributed by atoms with Crippen molar-refractivity contribution in [2.75, 3.05) is 7.11 Å². The van der Waals surface area contributed by atoms with E-state index in [0.29, 0.717) is 0 Å². The molecular formula is C25H19N3O. The maximum absolute atomic E-state index is 5.27. The van der Waals surface area contributed by atoms with Crippen LogP contribution < -0.4 is 4.74 Å². The topological polar surface area (TPSA) is 39.4 Å². The normalized spacial score (nSPS) is 10.9. The standard InChI is InChI=1S/C25H19N3O/c1-29-21-14-12-19(13-15-21)23-17-25-26-22(18-8-4-2-5-9-18)16-24(28(25)27-23)20-10-6-3-7-11-20/h2-17H,1H3. The number of rotatable bonds is 4. The molecule has 0 N–H and O–H groups in total. The average Bonchev–Trinajstić information content (AvgIpc) is 3.24. The van der Waals surface area contributed by atoms with Crippen LogP contribution in [-0.4, -0.2) is 21.7 Å². The fraction of sp³-hybridized carbons (Fsp3) is 0.0400. The first kappa shape index (κ1) is 17.2. The first-order valence-corrected chi connectivity index (χ1v) is 9.48. The van der Waals surface area contributed by atoms with Gasteiger partial charge in [-0.3, -0.25) is 0 Å². The Morgan fingerprint density at radius 3 is 1.93 bits per heavy atom. The first-order valence-electron chi connectivity index (χ1n) is 9.48. The lowest BCUT2D eigenvalue weighted by Gasteiger charge is -2.08. The van der Waals surface area contributed by atoms with Gasteiger partial charge in [-0.1, -0.05) is 60.7 Å². The van der Waals surface area contributed by atoms with E-state index >= 15 is 0 Å². The van der Waals surface area contributed by atoms with Gasteiger partial charge in [0.15, 0.2) is 5.65 Å². The highest BCUT2D eigenvalue weighted by atomic mass is 16.5. The van der Waals surface area contributed by atoms with E-state index in [-0.39, 0.29) is 0 Å². The van der Waals surface area contributed by atoms with Gasteiger partial charge in [-0.15, -0.1) is 0 Å². The van der Waals surface area contributed by atoms with Crippen LogP contribution in [0, 0.1) is 0 Å². The molecule has 0 bridgehead atoms. The Labute approximate surface area is 169 Å². The Morgan fingerprint density at radius 2 is 1.28 bits per heavy atom. The van der Waals surface area contributed by atoms with Gasteiger partial charge < -0.3 is 4.74 Å². The maximum atomic E-state index is 5.27. The molecule has 5 rings (SSSR count). The van der Waals surface area contributed by atoms with Gasteiger partial charge in [-0.2, -0.15) is 5.10 Å². The van der Waals surface area contributed by atoms with Crippen LogP contribution in [0.25, 0.3) is 39.4 Å². The molecule has 2 heterocycles. The minimum Gasteiger partial charge on any atom is -0.497 e. The molecule has 29 heavy (non-hydrogen) atoms. The van der Waals surface area contributed by atoms with Gasteiger partial charge in [0.2, 0.25) is 0 Å². The summed E-state index contributed by atoms with van der Waals surface area (Å²) in [5.74, 6) is 0.826. The zero-order chi connectivity index (χ0) is 19.6. The molecule has 0 amide bonds. The first-order chi connectivity index (χ1) is 14.3. The number of methoxy groups -OCH3 is 1. The van der Waals surface area contributed by atoms with Gasteiger partial charge >= 0.3 is 0 Å². The molecule has 4 nitrogen and oxygen atoms in total. The van der Waals surface area contributed by atoms with E-state index in [0.717, 1.165) is 45.2 Å². The predicted octanol–water partition coefficient (Wildman–Crippen LogP) is 5.74. The molecule has 5 aromatic rings. The monoisotopic (exact) mass is 377 g/mol. The van der Waals surface area contributed by atoms with Crippen molar-refractivity contribution in [2.24, 2.45) is 0 Å². The fourth-order valence-electron chi connectivity index (χ4n) is 3.45. The molecule has 3 aromatic carbocycles. The molecule has 0 saturated heterocycles. The number of hydrogen-bond donors (Lipinski definition) is 0. The van der Waals surface area contributed by atoms with Crippen molar-refractivity contribution in [3.05, 3.63) is 97.1 Å². The number of aromatic nitrogens is 3. The molecule has 0 aliphatic heterocycles. The SMILES string of the molecule is COc1ccc(-c2cc3nc(-c4ccccc4)cc(-c4ccccc4)n3n2)cc1. The summed E-state index contributed by atoms with van der Waals surface area (Å²) in [7, 11) is 1.67. The molecule has 4 heteroatoms. The molecule has 0 aliphatic rings. The van der Waals surface area contributed by atoms with Gasteiger partial charge in [0.25, 0.3) is 0 Å². The third-order valence-electron chi connectivity index (χ3n) is 4.95. The van der Waals surface area contributed by atoms with Crippen molar-refractivity contribution in [1.82, 2.24) is 14.6 Å². The summed E-state index contributed by atoms with van der Waals surface area (Å²) in [6.07, 6.45) is 0. The molecule has 2 aromatic heterocycles. The van der Waals surface area contributed by atoms with Crippen LogP contribution in [0.3, 0.4) is 0 Å². The highest BCUT2D eigenvalue weighted by Crippen LogP contribution is 2.29. The molecule has 0 spiro atoms. The van der Waals surface area contributed by atoms with Crippen LogP contribution in [0.15, 0.2) is 97.1 Å². The molecule has 0 unspecified atom stereocenters. The van der Waals surface area contributed by atoms with Gasteiger partial charge in [-0.05, 0) is 30.3 Å². The highest BCUT2D eigenvalue weighted by Gasteiger charge is 2.13. The lowest BCUT2D eigenvalue weighted by atomic mass is 10.1. The average molecular weight is 377 g/mol. The smallest absolute Gasteiger partial charge is 0.156 e. The van der Waals surface area contributed by atoms with Gasteiger partial charge in [0.05, 0.1) is 24.2 Å². The van der Waals surface area contributed by atoms with Crippen molar-refractivity contribution in [2.45, 2.75) is 0 Å². The molecule has 0 fully saturated rings. The fourth-order valence-corrected chi connectivity index (χ4v) is 3.45. The van der Waals surface area contributed by atoms with E-state index in [4.69, 9.17) is 14.8 Å². The summed E-state index contributed by atoms with van der Waals surface area (Å²) in [6.45, 7) is 0. The van der Waals surface area contributed by atoms with E-state index in [1.54, 1.807) is 7.11 Å². The third-order valence-corrected chi connectivity index (χ3v) is 4.95. The van der Waals surface area contributed by atoms with Gasteiger partial charge in [0, 0.05) is 22.8 Å². The zero-order valence-electron chi connectivity index (χ0n) is 16.0. The van der Waals surface area contributed by atoms with Crippen LogP contribution in [0.2, 0.25) is 0 Å². The summed E-state index contributed by atoms with van der Waals surface area (Å²) in [5, 5.41) is 4.86. The van der Waals surface area contributed by atoms with Gasteiger partial charge in [0.1, 0.15) is 5.75 Å². The van der Waals surface area contributed by atoms with Crippen LogP contribution >= 0.6 is 0 Å². The van der Waals surface area contributed by atoms with Crippen LogP contribution in [0.1, 0.15) is 0 Å². The van der Waals surface area contributed by atoms with Crippen LogP contribution in [0.5, 0.6) is 5.75 Å². The largest absolute Gasteiger partial charge is 0.497 e. The predicted molar refractivity (Wildman–Crippen MR) is 116 cm³/mol. The van der Waals surface area contributed by atoms with Crippen molar-refractivity contribution in [1.29, 1.82) is 0 Å². The number of ether oxygens (including phenoxy) is 1. The second kappa shape index (κ2) is 7.24. The number of nitrogens with zero attached hydrogens (tertiary/aromatic N) is 3. The van der Waals surface area contributed by atoms with Crippen molar-refractivity contribution >= 4 is 5.65 Å². The number of hydrogen-bond acceptors (Lipinski definition) is 3. The summed E-state index contributed by atoms with van der Waals surface area (Å²) in [5.41, 5.74) is 6.84. The Hall–Kier alpha value is -3.92. The van der Waals surface area contributed by atoms with Crippen molar-refractivity contribution in [3.8, 4) is 39.5 Å². The second-order valence-electron chi connectivity index (χ2n) is 6.79. The van der Waals surface area contributed by atoms with Crippen LogP contribution in [0.4, 0.5) is 0 Å². The van der Waals surface area contributed by atoms with E-state index in [1.165, 1.54) is 0 Å². The summed E-state index contributed by atoms with van der Waals surface area (Å²) >= 11 is 0. The molecule has 0 radical (unpaired) electrons. The van der Waals surface area contributed by atoms with E-state index in [2.05, 4.69) is 30.3 Å². The Morgan fingerprint density at radius 1 is 0.655 bits per heavy atom. The summed E-state index contributed by atoms with van der Waals surface area (Å²) in [6, 6.07) is 32.6. The lowest BCUT2D eigenvalue weighted by molar-refractivity contribution is 0.415. The van der Waals surface area contributed by atoms with Gasteiger partial charge in [-0.25, -0.2) is 9.50 Å². The molecule has 140 valence electrons. The summed E-state index contributed by atoms with van der Waals surface area (Å²) < 4.78 is 7.19. The maximum Gasteiger partial charge on any atom is 0.156 e. The minimum absolute atomic E-state index is 0.816. The molecule has 0 atom stereocenters. The van der Waals surface area contributed by atoms with Crippen molar-refractivity contribution < 1.29 is 4.74 Å².